The number of amides is 4. The van der Waals surface area contributed by atoms with Crippen LogP contribution in [-0.2, 0) is 112 Å². The fraction of sp³-hybridized carbons (Fsp3) is 0.528. The van der Waals surface area contributed by atoms with Gasteiger partial charge in [0.2, 0.25) is 29.3 Å². The molecule has 0 saturated carbocycles. The molecule has 4 amide bonds. The maximum atomic E-state index is 13.7. The van der Waals surface area contributed by atoms with Gasteiger partial charge < -0.3 is 80.0 Å². The van der Waals surface area contributed by atoms with Gasteiger partial charge in [-0.2, -0.15) is 30.0 Å². The standard InChI is InChI=1S/C72H98N10O34P4S4/c1-6-78-52-26-24-47(123(104,105)106)38-49(52)71(2,3)58(78)19-10-7-11-20-59-72(4,5)50-39-48(124(107,108)109)25-27-53(50)79(59)33-15-9-13-23-66(89)110-36-17-22-62(87)76-51(68(91)75-30-14-8-12-21-60(85)74-32-35-80-63(88)28-34-81(70(80)93)64-40-54(83)56(113-64)43-111-117(94,95)96)45-122-121-37-29-61(86)73-31-16-18-46-42-82(69(92)77-67(46)90)65-41-55(84)57(114-65)44-112-119(100,101)116-120(102,103)115-118(97,98)99/h7,10-11,19-20,24-28,34,38-39,42,51,54-57,64-65,83-84H,6,8-9,12-15,17,21-23,29-33,35-37,40-41,43-45H2,1-5H3,(H12-,73,74,75,76,77,85,86,87,90,91,92,94,95,96,97,98,99,100,101,102,103,104,105,106,107,108,109)/p+1. The van der Waals surface area contributed by atoms with Crippen LogP contribution in [0.3, 0.4) is 0 Å². The maximum absolute atomic E-state index is 13.7. The Labute approximate surface area is 718 Å². The van der Waals surface area contributed by atoms with Gasteiger partial charge in [-0.3, -0.25) is 70.4 Å². The van der Waals surface area contributed by atoms with Crippen LogP contribution in [0.2, 0.25) is 0 Å². The molecule has 124 heavy (non-hydrogen) atoms. The minimum Gasteiger partial charge on any atom is -0.466 e. The zero-order chi connectivity index (χ0) is 91.5. The summed E-state index contributed by atoms with van der Waals surface area (Å²) >= 11 is 0. The number of anilines is 1. The number of aliphatic hydroxyl groups is 2. The van der Waals surface area contributed by atoms with Crippen molar-refractivity contribution in [3.8, 4) is 11.8 Å². The van der Waals surface area contributed by atoms with Gasteiger partial charge in [0.05, 0.1) is 53.8 Å². The number of aliphatic hydroxyl groups excluding tert-OH is 2. The van der Waals surface area contributed by atoms with E-state index in [-0.39, 0.29) is 98.2 Å². The van der Waals surface area contributed by atoms with Crippen LogP contribution in [0.25, 0.3) is 0 Å². The lowest BCUT2D eigenvalue weighted by atomic mass is 9.81. The number of esters is 1. The number of phosphoric acid groups is 4. The summed E-state index contributed by atoms with van der Waals surface area (Å²) in [4.78, 5) is 176. The summed E-state index contributed by atoms with van der Waals surface area (Å²) in [6.45, 7) is 8.34. The fourth-order valence-electron chi connectivity index (χ4n) is 13.7. The van der Waals surface area contributed by atoms with E-state index in [9.17, 15) is 107 Å². The number of likely N-dealkylation sites (N-methyl/N-ethyl adjacent to an activating group) is 1. The molecule has 6 heterocycles. The van der Waals surface area contributed by atoms with Crippen molar-refractivity contribution in [3.63, 3.8) is 0 Å². The van der Waals surface area contributed by atoms with Crippen LogP contribution < -0.4 is 48.7 Å². The number of allylic oxidation sites excluding steroid dienone is 6. The van der Waals surface area contributed by atoms with E-state index in [2.05, 4.69) is 60.3 Å². The van der Waals surface area contributed by atoms with Gasteiger partial charge in [0, 0.05) is 136 Å². The second-order valence-electron chi connectivity index (χ2n) is 29.5. The van der Waals surface area contributed by atoms with Crippen LogP contribution in [0.15, 0.2) is 120 Å². The third kappa shape index (κ3) is 29.7. The highest BCUT2D eigenvalue weighted by Crippen LogP contribution is 2.66. The number of ether oxygens (including phenoxy) is 3. The molecular weight excluding hydrogens is 1800 g/mol. The first-order valence-electron chi connectivity index (χ1n) is 38.5. The molecule has 4 aliphatic rings. The minimum atomic E-state index is -5.87. The normalized spacial score (nSPS) is 20.3. The van der Waals surface area contributed by atoms with Crippen LogP contribution in [0, 0.1) is 11.8 Å². The summed E-state index contributed by atoms with van der Waals surface area (Å²) in [7, 11) is -28.7. The number of unbranched alkanes of at least 4 members (excludes halogenated alkanes) is 4. The molecule has 684 valence electrons. The summed E-state index contributed by atoms with van der Waals surface area (Å²) < 4.78 is 152. The Bertz CT molecular complexity index is 5500. The third-order valence-electron chi connectivity index (χ3n) is 19.8. The second-order valence-corrected chi connectivity index (χ2v) is 40.6. The van der Waals surface area contributed by atoms with Crippen molar-refractivity contribution in [1.29, 1.82) is 0 Å². The molecule has 0 bridgehead atoms. The van der Waals surface area contributed by atoms with Gasteiger partial charge in [-0.15, -0.1) is 0 Å². The SMILES string of the molecule is CCN1/C(=C/C=C/C=C/C2=[N+](CCCCCC(=O)OCCCC(=O)NC(CSSCCC(=O)NCC#Cc3cn(C4CC(O)C(COP(=O)(O)OP(=O)(O)OP(=O)(O)O)O4)c(=O)[nH]c3=O)C(=O)NCCCCCC(=O)NCCn3c(=O)ccn(C4CC(O)C(COP(=O)(O)O)O4)c3=O)c3ccc(S(=O)(=O)O)cc3C2(C)C)C(C)(C)c2cc(S(=O)(=O)O)ccc21. The monoisotopic (exact) mass is 1900 g/mol. The Morgan fingerprint density at radius 3 is 1.98 bits per heavy atom. The van der Waals surface area contributed by atoms with E-state index >= 15 is 0 Å². The molecule has 9 atom stereocenters. The number of hydrogen-bond acceptors (Lipinski definition) is 29. The molecule has 52 heteroatoms. The quantitative estimate of drug-likeness (QED) is 0.00442. The number of carbonyl (C=O) groups excluding carboxylic acids is 5. The van der Waals surface area contributed by atoms with E-state index in [1.165, 1.54) is 35.1 Å². The fourth-order valence-corrected chi connectivity index (χ4v) is 20.2. The lowest BCUT2D eigenvalue weighted by Crippen LogP contribution is -2.48. The highest BCUT2D eigenvalue weighted by Gasteiger charge is 2.47. The Kier molecular flexibility index (Phi) is 36.4. The zero-order valence-electron chi connectivity index (χ0n) is 67.5. The molecule has 4 aliphatic heterocycles. The first kappa shape index (κ1) is 102. The van der Waals surface area contributed by atoms with Crippen LogP contribution in [0.4, 0.5) is 11.4 Å². The third-order valence-corrected chi connectivity index (χ3v) is 28.2. The highest BCUT2D eigenvalue weighted by molar-refractivity contribution is 8.76. The molecule has 0 aliphatic carbocycles. The number of phosphoric ester groups is 2. The van der Waals surface area contributed by atoms with Crippen molar-refractivity contribution in [2.45, 2.75) is 188 Å². The molecule has 8 rings (SSSR count). The first-order valence-corrected chi connectivity index (χ1v) is 50.0. The highest BCUT2D eigenvalue weighted by atomic mass is 33.1. The number of H-pyrrole nitrogens is 1. The number of hydrogen-bond donors (Lipinski definition) is 15. The number of nitrogens with one attached hydrogen (secondary N) is 5. The Hall–Kier alpha value is -7.72. The number of aromatic amines is 1. The van der Waals surface area contributed by atoms with Gasteiger partial charge in [0.15, 0.2) is 5.71 Å². The number of aromatic nitrogens is 4. The molecule has 44 nitrogen and oxygen atoms in total. The van der Waals surface area contributed by atoms with E-state index in [4.69, 9.17) is 33.8 Å². The number of fused-ring (bicyclic) bond motifs is 2. The predicted octanol–water partition coefficient (Wildman–Crippen LogP) is 3.09. The van der Waals surface area contributed by atoms with Gasteiger partial charge in [-0.1, -0.05) is 71.9 Å². The largest absolute Gasteiger partial charge is 0.490 e. The van der Waals surface area contributed by atoms with Crippen LogP contribution in [-0.4, -0.2) is 219 Å². The maximum Gasteiger partial charge on any atom is 0.490 e. The van der Waals surface area contributed by atoms with Crippen molar-refractivity contribution in [2.24, 2.45) is 0 Å². The molecule has 15 N–H and O–H groups in total. The summed E-state index contributed by atoms with van der Waals surface area (Å²) in [5.74, 6) is 2.68. The Morgan fingerprint density at radius 2 is 1.32 bits per heavy atom. The van der Waals surface area contributed by atoms with Crippen molar-refractivity contribution in [3.05, 3.63) is 149 Å². The Balaban J connectivity index is 0.803. The van der Waals surface area contributed by atoms with Gasteiger partial charge >= 0.3 is 48.6 Å². The molecule has 2 aromatic heterocycles. The van der Waals surface area contributed by atoms with E-state index < -0.39 is 177 Å². The van der Waals surface area contributed by atoms with Gasteiger partial charge in [0.25, 0.3) is 31.4 Å². The molecule has 9 unspecified atom stereocenters. The number of carbonyl (C=O) groups is 5. The van der Waals surface area contributed by atoms with Gasteiger partial charge in [-0.05, 0) is 94.8 Å². The van der Waals surface area contributed by atoms with Crippen LogP contribution in [0.5, 0.6) is 0 Å². The van der Waals surface area contributed by atoms with Gasteiger partial charge in [0.1, 0.15) is 42.8 Å². The average molecular weight is 1900 g/mol. The van der Waals surface area contributed by atoms with Crippen molar-refractivity contribution in [2.75, 3.05) is 69.0 Å². The number of nitrogens with zero attached hydrogens (tertiary/aromatic N) is 5. The van der Waals surface area contributed by atoms with E-state index in [0.29, 0.717) is 57.2 Å². The molecule has 2 saturated heterocycles. The lowest BCUT2D eigenvalue weighted by Gasteiger charge is -2.25. The van der Waals surface area contributed by atoms with Crippen molar-refractivity contribution in [1.82, 2.24) is 40.0 Å². The van der Waals surface area contributed by atoms with Crippen LogP contribution >= 0.6 is 52.9 Å². The molecule has 4 aromatic rings. The molecule has 2 fully saturated rings. The number of benzene rings is 2. The van der Waals surface area contributed by atoms with Crippen LogP contribution in [0.1, 0.15) is 147 Å². The van der Waals surface area contributed by atoms with Gasteiger partial charge in [-0.25, -0.2) is 27.8 Å². The predicted molar refractivity (Wildman–Crippen MR) is 445 cm³/mol. The van der Waals surface area contributed by atoms with E-state index in [0.717, 1.165) is 71.3 Å². The summed E-state index contributed by atoms with van der Waals surface area (Å²) in [5.41, 5.74) is -0.622. The summed E-state index contributed by atoms with van der Waals surface area (Å²) in [6.07, 6.45) is 5.56. The van der Waals surface area contributed by atoms with Crippen molar-refractivity contribution >= 4 is 120 Å². The second kappa shape index (κ2) is 44.3. The molecule has 0 spiro atoms. The summed E-state index contributed by atoms with van der Waals surface area (Å²) in [6, 6.07) is 8.88. The van der Waals surface area contributed by atoms with E-state index in [1.54, 1.807) is 12.1 Å². The number of rotatable bonds is 46. The first-order chi connectivity index (χ1) is 58.0. The molecular formula is C72H99N10O34P4S4+. The lowest BCUT2D eigenvalue weighted by molar-refractivity contribution is -0.438. The Morgan fingerprint density at radius 1 is 0.694 bits per heavy atom. The smallest absolute Gasteiger partial charge is 0.466 e. The summed E-state index contributed by atoms with van der Waals surface area (Å²) in [5, 5.41) is 31.6. The van der Waals surface area contributed by atoms with E-state index in [1.807, 2.05) is 70.0 Å². The average Bonchev–Trinajstić information content (AvgIpc) is 1.59. The van der Waals surface area contributed by atoms with Crippen molar-refractivity contribution < 1.29 is 144 Å². The minimum absolute atomic E-state index is 0.00157. The molecule has 2 aromatic carbocycles. The topological polar surface area (TPSA) is 642 Å². The molecule has 0 radical (unpaired) electrons. The zero-order valence-corrected chi connectivity index (χ0v) is 74.4.